The van der Waals surface area contributed by atoms with Crippen LogP contribution in [0.4, 0.5) is 5.69 Å². The number of benzene rings is 3. The molecule has 0 aromatic heterocycles. The quantitative estimate of drug-likeness (QED) is 0.285. The number of rotatable bonds is 5. The summed E-state index contributed by atoms with van der Waals surface area (Å²) >= 11 is 25.5. The lowest BCUT2D eigenvalue weighted by molar-refractivity contribution is 0.304. The van der Waals surface area contributed by atoms with E-state index in [0.717, 1.165) is 31.3 Å². The van der Waals surface area contributed by atoms with Crippen molar-refractivity contribution in [2.75, 3.05) is 0 Å². The first kappa shape index (κ1) is 21.7. The molecule has 0 radical (unpaired) electrons. The number of hydrogen-bond donors (Lipinski definition) is 0. The van der Waals surface area contributed by atoms with Crippen LogP contribution in [0, 0.1) is 6.92 Å². The van der Waals surface area contributed by atoms with Gasteiger partial charge in [-0.1, -0.05) is 62.9 Å². The predicted molar refractivity (Wildman–Crippen MR) is 126 cm³/mol. The second-order valence-corrected chi connectivity index (χ2v) is 9.04. The van der Waals surface area contributed by atoms with E-state index in [1.807, 2.05) is 43.3 Å². The van der Waals surface area contributed by atoms with Crippen LogP contribution < -0.4 is 4.74 Å². The molecular weight excluding hydrogens is 548 g/mol. The van der Waals surface area contributed by atoms with E-state index < -0.39 is 0 Å². The molecule has 0 fully saturated rings. The molecule has 0 heterocycles. The number of aryl methyl sites for hydroxylation is 1. The molecule has 0 unspecified atom stereocenters. The summed E-state index contributed by atoms with van der Waals surface area (Å²) in [5.41, 5.74) is 3.42. The SMILES string of the molecule is Cc1ccc(N=Cc2cc(Br)cc(Br)c2OCc2ccc(Cl)cc2Cl)cc1Cl. The molecule has 3 rings (SSSR count). The Balaban J connectivity index is 1.88. The van der Waals surface area contributed by atoms with Crippen molar-refractivity contribution in [3.63, 3.8) is 0 Å². The van der Waals surface area contributed by atoms with Gasteiger partial charge < -0.3 is 4.74 Å². The summed E-state index contributed by atoms with van der Waals surface area (Å²) in [5.74, 6) is 0.663. The molecule has 0 spiro atoms. The summed E-state index contributed by atoms with van der Waals surface area (Å²) < 4.78 is 7.75. The Morgan fingerprint density at radius 2 is 1.75 bits per heavy atom. The summed E-state index contributed by atoms with van der Waals surface area (Å²) in [4.78, 5) is 4.53. The molecule has 0 atom stereocenters. The van der Waals surface area contributed by atoms with Crippen LogP contribution in [0.5, 0.6) is 5.75 Å². The van der Waals surface area contributed by atoms with Gasteiger partial charge in [-0.3, -0.25) is 4.99 Å². The molecule has 0 N–H and O–H groups in total. The standard InChI is InChI=1S/C21H14Br2Cl3NO/c1-12-2-5-17(9-19(12)25)27-10-14-6-15(22)7-18(23)21(14)28-11-13-3-4-16(24)8-20(13)26/h2-10H,11H2,1H3. The molecule has 7 heteroatoms. The second kappa shape index (κ2) is 9.64. The van der Waals surface area contributed by atoms with Gasteiger partial charge in [-0.15, -0.1) is 0 Å². The molecule has 3 aromatic carbocycles. The van der Waals surface area contributed by atoms with Gasteiger partial charge in [0.05, 0.1) is 10.2 Å². The largest absolute Gasteiger partial charge is 0.487 e. The Morgan fingerprint density at radius 3 is 2.46 bits per heavy atom. The van der Waals surface area contributed by atoms with Crippen LogP contribution in [0.1, 0.15) is 16.7 Å². The third-order valence-corrected chi connectivity index (χ3v) is 5.97. The molecule has 28 heavy (non-hydrogen) atoms. The third-order valence-electron chi connectivity index (χ3n) is 3.93. The number of aliphatic imine (C=N–C) groups is 1. The number of halogens is 5. The lowest BCUT2D eigenvalue weighted by atomic mass is 10.2. The van der Waals surface area contributed by atoms with E-state index >= 15 is 0 Å². The highest BCUT2D eigenvalue weighted by Gasteiger charge is 2.11. The lowest BCUT2D eigenvalue weighted by Crippen LogP contribution is -2.00. The van der Waals surface area contributed by atoms with Gasteiger partial charge in [-0.25, -0.2) is 0 Å². The van der Waals surface area contributed by atoms with E-state index in [9.17, 15) is 0 Å². The summed E-state index contributed by atoms with van der Waals surface area (Å²) in [7, 11) is 0. The minimum absolute atomic E-state index is 0.299. The van der Waals surface area contributed by atoms with Crippen molar-refractivity contribution >= 4 is 78.6 Å². The van der Waals surface area contributed by atoms with E-state index in [4.69, 9.17) is 39.5 Å². The van der Waals surface area contributed by atoms with Crippen molar-refractivity contribution < 1.29 is 4.74 Å². The van der Waals surface area contributed by atoms with Gasteiger partial charge in [0.15, 0.2) is 0 Å². The molecule has 0 bridgehead atoms. The van der Waals surface area contributed by atoms with Crippen molar-refractivity contribution in [2.24, 2.45) is 4.99 Å². The van der Waals surface area contributed by atoms with Crippen LogP contribution in [-0.2, 0) is 6.61 Å². The molecule has 0 aliphatic heterocycles. The van der Waals surface area contributed by atoms with E-state index in [1.165, 1.54) is 0 Å². The Labute approximate surface area is 195 Å². The minimum atomic E-state index is 0.299. The Bertz CT molecular complexity index is 1050. The first-order chi connectivity index (χ1) is 13.3. The lowest BCUT2D eigenvalue weighted by Gasteiger charge is -2.13. The maximum atomic E-state index is 6.25. The Kier molecular flexibility index (Phi) is 7.46. The number of hydrogen-bond acceptors (Lipinski definition) is 2. The smallest absolute Gasteiger partial charge is 0.142 e. The van der Waals surface area contributed by atoms with Gasteiger partial charge in [0.2, 0.25) is 0 Å². The van der Waals surface area contributed by atoms with Crippen LogP contribution in [-0.4, -0.2) is 6.21 Å². The molecule has 3 aromatic rings. The van der Waals surface area contributed by atoms with Gasteiger partial charge in [0.1, 0.15) is 12.4 Å². The van der Waals surface area contributed by atoms with E-state index in [0.29, 0.717) is 27.4 Å². The van der Waals surface area contributed by atoms with Gasteiger partial charge in [-0.05, 0) is 64.8 Å². The molecule has 0 saturated carbocycles. The van der Waals surface area contributed by atoms with Crippen molar-refractivity contribution in [3.8, 4) is 5.75 Å². The van der Waals surface area contributed by atoms with Gasteiger partial charge in [0, 0.05) is 36.9 Å². The summed E-state index contributed by atoms with van der Waals surface area (Å²) in [5, 5.41) is 1.83. The first-order valence-corrected chi connectivity index (χ1v) is 10.9. The van der Waals surface area contributed by atoms with Crippen molar-refractivity contribution in [1.29, 1.82) is 0 Å². The van der Waals surface area contributed by atoms with E-state index in [1.54, 1.807) is 18.3 Å². The maximum absolute atomic E-state index is 6.25. The Hall–Kier alpha value is -1.04. The van der Waals surface area contributed by atoms with Crippen LogP contribution >= 0.6 is 66.7 Å². The first-order valence-electron chi connectivity index (χ1n) is 8.19. The van der Waals surface area contributed by atoms with E-state index in [2.05, 4.69) is 36.9 Å². The molecule has 0 amide bonds. The highest BCUT2D eigenvalue weighted by Crippen LogP contribution is 2.34. The summed E-state index contributed by atoms with van der Waals surface area (Å²) in [6.45, 7) is 2.25. The predicted octanol–water partition coefficient (Wildman–Crippen LogP) is 8.81. The molecular formula is C21H14Br2Cl3NO. The average molecular weight is 563 g/mol. The van der Waals surface area contributed by atoms with Crippen LogP contribution in [0.25, 0.3) is 0 Å². The molecule has 0 aliphatic rings. The highest BCUT2D eigenvalue weighted by atomic mass is 79.9. The van der Waals surface area contributed by atoms with Gasteiger partial charge in [-0.2, -0.15) is 0 Å². The average Bonchev–Trinajstić information content (AvgIpc) is 2.63. The summed E-state index contributed by atoms with van der Waals surface area (Å²) in [6, 6.07) is 14.9. The summed E-state index contributed by atoms with van der Waals surface area (Å²) in [6.07, 6.45) is 1.75. The van der Waals surface area contributed by atoms with Crippen LogP contribution in [0.15, 0.2) is 62.5 Å². The minimum Gasteiger partial charge on any atom is -0.487 e. The van der Waals surface area contributed by atoms with Crippen LogP contribution in [0.3, 0.4) is 0 Å². The molecule has 2 nitrogen and oxygen atoms in total. The monoisotopic (exact) mass is 559 g/mol. The second-order valence-electron chi connectivity index (χ2n) is 6.02. The van der Waals surface area contributed by atoms with Gasteiger partial charge in [0.25, 0.3) is 0 Å². The zero-order chi connectivity index (χ0) is 20.3. The molecule has 0 aliphatic carbocycles. The number of nitrogens with zero attached hydrogens (tertiary/aromatic N) is 1. The normalized spacial score (nSPS) is 11.2. The zero-order valence-electron chi connectivity index (χ0n) is 14.6. The van der Waals surface area contributed by atoms with Gasteiger partial charge >= 0.3 is 0 Å². The third kappa shape index (κ3) is 5.52. The molecule has 0 saturated heterocycles. The maximum Gasteiger partial charge on any atom is 0.142 e. The van der Waals surface area contributed by atoms with Crippen molar-refractivity contribution in [3.05, 3.63) is 89.2 Å². The Morgan fingerprint density at radius 1 is 0.964 bits per heavy atom. The van der Waals surface area contributed by atoms with Crippen LogP contribution in [0.2, 0.25) is 15.1 Å². The number of ether oxygens (including phenoxy) is 1. The molecule has 144 valence electrons. The fourth-order valence-corrected chi connectivity index (χ4v) is 4.43. The fourth-order valence-electron chi connectivity index (χ4n) is 2.42. The topological polar surface area (TPSA) is 21.6 Å². The highest BCUT2D eigenvalue weighted by molar-refractivity contribution is 9.11. The fraction of sp³-hybridized carbons (Fsp3) is 0.0952. The van der Waals surface area contributed by atoms with Crippen molar-refractivity contribution in [1.82, 2.24) is 0 Å². The zero-order valence-corrected chi connectivity index (χ0v) is 20.1. The van der Waals surface area contributed by atoms with Crippen molar-refractivity contribution in [2.45, 2.75) is 13.5 Å². The van der Waals surface area contributed by atoms with E-state index in [-0.39, 0.29) is 0 Å².